The van der Waals surface area contributed by atoms with Crippen LogP contribution in [0, 0.1) is 0 Å². The Bertz CT molecular complexity index is 864. The molecule has 2 aliphatic rings. The zero-order chi connectivity index (χ0) is 16.8. The zero-order valence-corrected chi connectivity index (χ0v) is 13.2. The zero-order valence-electron chi connectivity index (χ0n) is 13.2. The molecular formula is C17H19N3O4. The molecule has 0 atom stereocenters. The molecule has 2 aromatic rings. The molecule has 1 aliphatic heterocycles. The first-order chi connectivity index (χ1) is 11.5. The van der Waals surface area contributed by atoms with Crippen molar-refractivity contribution in [2.24, 2.45) is 0 Å². The fraction of sp³-hybridized carbons (Fsp3) is 0.471. The Morgan fingerprint density at radius 1 is 1.21 bits per heavy atom. The SMILES string of the molecule is O=C(O)c1cn(C2CC2)c2cc(N3CCC(O)CC3)ncc2c1=O. The van der Waals surface area contributed by atoms with Crippen molar-refractivity contribution in [1.82, 2.24) is 9.55 Å². The summed E-state index contributed by atoms with van der Waals surface area (Å²) in [5.74, 6) is -0.434. The van der Waals surface area contributed by atoms with Crippen molar-refractivity contribution in [2.75, 3.05) is 18.0 Å². The smallest absolute Gasteiger partial charge is 0.341 e. The van der Waals surface area contributed by atoms with Crippen molar-refractivity contribution in [3.05, 3.63) is 34.2 Å². The number of anilines is 1. The second-order valence-corrected chi connectivity index (χ2v) is 6.59. The lowest BCUT2D eigenvalue weighted by molar-refractivity contribution is 0.0695. The van der Waals surface area contributed by atoms with E-state index in [2.05, 4.69) is 9.88 Å². The molecule has 1 aliphatic carbocycles. The number of piperidine rings is 1. The molecular weight excluding hydrogens is 310 g/mol. The van der Waals surface area contributed by atoms with Crippen molar-refractivity contribution >= 4 is 22.7 Å². The summed E-state index contributed by atoms with van der Waals surface area (Å²) < 4.78 is 1.91. The Hall–Kier alpha value is -2.41. The van der Waals surface area contributed by atoms with Crippen LogP contribution in [0.5, 0.6) is 0 Å². The lowest BCUT2D eigenvalue weighted by Gasteiger charge is -2.30. The van der Waals surface area contributed by atoms with Crippen molar-refractivity contribution in [2.45, 2.75) is 37.8 Å². The van der Waals surface area contributed by atoms with E-state index in [-0.39, 0.29) is 17.7 Å². The molecule has 1 saturated carbocycles. The van der Waals surface area contributed by atoms with Crippen LogP contribution >= 0.6 is 0 Å². The Morgan fingerprint density at radius 3 is 2.54 bits per heavy atom. The van der Waals surface area contributed by atoms with Crippen molar-refractivity contribution in [3.63, 3.8) is 0 Å². The Kier molecular flexibility index (Phi) is 3.53. The second-order valence-electron chi connectivity index (χ2n) is 6.59. The van der Waals surface area contributed by atoms with E-state index in [4.69, 9.17) is 0 Å². The molecule has 126 valence electrons. The normalized spacial score (nSPS) is 19.0. The number of carboxylic acid groups (broad SMARTS) is 1. The van der Waals surface area contributed by atoms with Gasteiger partial charge in [-0.3, -0.25) is 4.79 Å². The number of aliphatic hydroxyl groups excluding tert-OH is 1. The molecule has 7 nitrogen and oxygen atoms in total. The Labute approximate surface area is 138 Å². The molecule has 0 unspecified atom stereocenters. The molecule has 2 aromatic heterocycles. The van der Waals surface area contributed by atoms with E-state index in [9.17, 15) is 19.8 Å². The highest BCUT2D eigenvalue weighted by Gasteiger charge is 2.27. The summed E-state index contributed by atoms with van der Waals surface area (Å²) in [4.78, 5) is 30.2. The predicted molar refractivity (Wildman–Crippen MR) is 88.7 cm³/mol. The highest BCUT2D eigenvalue weighted by Crippen LogP contribution is 2.37. The maximum Gasteiger partial charge on any atom is 0.341 e. The third-order valence-electron chi connectivity index (χ3n) is 4.86. The van der Waals surface area contributed by atoms with Crippen LogP contribution in [0.15, 0.2) is 23.3 Å². The average molecular weight is 329 g/mol. The third kappa shape index (κ3) is 2.54. The van der Waals surface area contributed by atoms with Crippen LogP contribution in [0.1, 0.15) is 42.1 Å². The predicted octanol–water partition coefficient (Wildman–Crippen LogP) is 1.39. The summed E-state index contributed by atoms with van der Waals surface area (Å²) in [6, 6.07) is 2.13. The van der Waals surface area contributed by atoms with Gasteiger partial charge in [-0.25, -0.2) is 9.78 Å². The van der Waals surface area contributed by atoms with Gasteiger partial charge in [0.05, 0.1) is 17.0 Å². The number of carboxylic acids is 1. The van der Waals surface area contributed by atoms with Gasteiger partial charge >= 0.3 is 5.97 Å². The summed E-state index contributed by atoms with van der Waals surface area (Å²) in [6.07, 6.45) is 6.08. The minimum Gasteiger partial charge on any atom is -0.477 e. The van der Waals surface area contributed by atoms with Crippen LogP contribution < -0.4 is 10.3 Å². The summed E-state index contributed by atoms with van der Waals surface area (Å²) in [6.45, 7) is 1.45. The first-order valence-electron chi connectivity index (χ1n) is 8.26. The molecule has 0 radical (unpaired) electrons. The number of aliphatic hydroxyl groups is 1. The van der Waals surface area contributed by atoms with Crippen LogP contribution in [-0.2, 0) is 0 Å². The minimum atomic E-state index is -1.20. The van der Waals surface area contributed by atoms with Gasteiger partial charge in [0, 0.05) is 37.6 Å². The summed E-state index contributed by atoms with van der Waals surface area (Å²) >= 11 is 0. The fourth-order valence-corrected chi connectivity index (χ4v) is 3.31. The van der Waals surface area contributed by atoms with Gasteiger partial charge in [0.15, 0.2) is 0 Å². The molecule has 0 bridgehead atoms. The molecule has 3 heterocycles. The molecule has 4 rings (SSSR count). The average Bonchev–Trinajstić information content (AvgIpc) is 3.40. The largest absolute Gasteiger partial charge is 0.477 e. The van der Waals surface area contributed by atoms with E-state index < -0.39 is 11.4 Å². The summed E-state index contributed by atoms with van der Waals surface area (Å²) in [5.41, 5.74) is 0.0520. The molecule has 24 heavy (non-hydrogen) atoms. The maximum absolute atomic E-state index is 12.4. The van der Waals surface area contributed by atoms with Gasteiger partial charge in [-0.05, 0) is 25.7 Å². The number of hydrogen-bond acceptors (Lipinski definition) is 5. The molecule has 7 heteroatoms. The lowest BCUT2D eigenvalue weighted by atomic mass is 10.1. The van der Waals surface area contributed by atoms with Gasteiger partial charge in [-0.15, -0.1) is 0 Å². The maximum atomic E-state index is 12.4. The molecule has 2 fully saturated rings. The van der Waals surface area contributed by atoms with Gasteiger partial charge in [-0.1, -0.05) is 0 Å². The Balaban J connectivity index is 1.84. The van der Waals surface area contributed by atoms with E-state index in [1.165, 1.54) is 12.4 Å². The number of aromatic carboxylic acids is 1. The summed E-state index contributed by atoms with van der Waals surface area (Å²) in [5, 5.41) is 19.3. The van der Waals surface area contributed by atoms with Gasteiger partial charge in [0.2, 0.25) is 5.43 Å². The standard InChI is InChI=1S/C17H19N3O4/c21-11-3-5-19(6-4-11)15-7-14-12(8-18-15)16(22)13(17(23)24)9-20(14)10-1-2-10/h7-11,21H,1-6H2,(H,23,24). The van der Waals surface area contributed by atoms with Gasteiger partial charge < -0.3 is 19.7 Å². The topological polar surface area (TPSA) is 95.7 Å². The number of carbonyl (C=O) groups is 1. The van der Waals surface area contributed by atoms with E-state index >= 15 is 0 Å². The van der Waals surface area contributed by atoms with Crippen LogP contribution in [-0.4, -0.2) is 44.9 Å². The minimum absolute atomic E-state index is 0.204. The van der Waals surface area contributed by atoms with E-state index in [0.717, 1.165) is 37.3 Å². The number of aromatic nitrogens is 2. The fourth-order valence-electron chi connectivity index (χ4n) is 3.31. The number of fused-ring (bicyclic) bond motifs is 1. The first kappa shape index (κ1) is 15.1. The summed E-state index contributed by atoms with van der Waals surface area (Å²) in [7, 11) is 0. The van der Waals surface area contributed by atoms with Crippen LogP contribution in [0.2, 0.25) is 0 Å². The highest BCUT2D eigenvalue weighted by atomic mass is 16.4. The number of hydrogen-bond donors (Lipinski definition) is 2. The van der Waals surface area contributed by atoms with Crippen LogP contribution in [0.25, 0.3) is 10.9 Å². The van der Waals surface area contributed by atoms with E-state index in [1.54, 1.807) is 0 Å². The third-order valence-corrected chi connectivity index (χ3v) is 4.86. The lowest BCUT2D eigenvalue weighted by Crippen LogP contribution is -2.36. The van der Waals surface area contributed by atoms with Gasteiger partial charge in [-0.2, -0.15) is 0 Å². The van der Waals surface area contributed by atoms with E-state index in [1.807, 2.05) is 10.6 Å². The first-order valence-corrected chi connectivity index (χ1v) is 8.26. The number of rotatable bonds is 3. The van der Waals surface area contributed by atoms with Gasteiger partial charge in [0.25, 0.3) is 0 Å². The number of nitrogens with zero attached hydrogens (tertiary/aromatic N) is 3. The van der Waals surface area contributed by atoms with Crippen LogP contribution in [0.3, 0.4) is 0 Å². The molecule has 2 N–H and O–H groups in total. The molecule has 1 saturated heterocycles. The van der Waals surface area contributed by atoms with Crippen molar-refractivity contribution in [1.29, 1.82) is 0 Å². The molecule has 0 amide bonds. The van der Waals surface area contributed by atoms with Crippen LogP contribution in [0.4, 0.5) is 5.82 Å². The highest BCUT2D eigenvalue weighted by molar-refractivity contribution is 5.93. The van der Waals surface area contributed by atoms with Crippen molar-refractivity contribution in [3.8, 4) is 0 Å². The molecule has 0 aromatic carbocycles. The van der Waals surface area contributed by atoms with Gasteiger partial charge in [0.1, 0.15) is 11.4 Å². The number of pyridine rings is 2. The quantitative estimate of drug-likeness (QED) is 0.883. The Morgan fingerprint density at radius 2 is 1.92 bits per heavy atom. The monoisotopic (exact) mass is 329 g/mol. The van der Waals surface area contributed by atoms with E-state index in [0.29, 0.717) is 18.2 Å². The second kappa shape index (κ2) is 5.59. The van der Waals surface area contributed by atoms with Crippen molar-refractivity contribution < 1.29 is 15.0 Å². The molecule has 0 spiro atoms.